The van der Waals surface area contributed by atoms with Crippen molar-refractivity contribution < 1.29 is 19.4 Å². The minimum atomic E-state index is -0.804. The molecule has 0 saturated heterocycles. The molecule has 6 heteroatoms. The Morgan fingerprint density at radius 3 is 2.80 bits per heavy atom. The molecule has 2 rings (SSSR count). The van der Waals surface area contributed by atoms with Crippen LogP contribution in [-0.4, -0.2) is 29.6 Å². The summed E-state index contributed by atoms with van der Waals surface area (Å²) >= 11 is 5.95. The van der Waals surface area contributed by atoms with E-state index in [0.29, 0.717) is 23.6 Å². The number of amides is 1. The van der Waals surface area contributed by atoms with E-state index < -0.39 is 5.97 Å². The van der Waals surface area contributed by atoms with Gasteiger partial charge in [0.15, 0.2) is 6.61 Å². The minimum Gasteiger partial charge on any atom is -0.483 e. The molecule has 1 aliphatic carbocycles. The summed E-state index contributed by atoms with van der Waals surface area (Å²) in [6.07, 6.45) is 0.967. The van der Waals surface area contributed by atoms with Crippen molar-refractivity contribution in [3.05, 3.63) is 28.8 Å². The van der Waals surface area contributed by atoms with Crippen LogP contribution >= 0.6 is 11.6 Å². The van der Waals surface area contributed by atoms with Crippen molar-refractivity contribution >= 4 is 23.5 Å². The molecule has 0 bridgehead atoms. The third-order valence-corrected chi connectivity index (χ3v) is 3.84. The van der Waals surface area contributed by atoms with Gasteiger partial charge < -0.3 is 15.2 Å². The van der Waals surface area contributed by atoms with Crippen molar-refractivity contribution in [2.45, 2.75) is 25.8 Å². The Morgan fingerprint density at radius 1 is 1.45 bits per heavy atom. The van der Waals surface area contributed by atoms with Gasteiger partial charge in [0.2, 0.25) is 0 Å². The lowest BCUT2D eigenvalue weighted by molar-refractivity contribution is -0.146. The maximum Gasteiger partial charge on any atom is 0.306 e. The van der Waals surface area contributed by atoms with Crippen molar-refractivity contribution in [1.82, 2.24) is 5.32 Å². The highest BCUT2D eigenvalue weighted by molar-refractivity contribution is 6.31. The fourth-order valence-corrected chi connectivity index (χ4v) is 2.26. The zero-order chi connectivity index (χ0) is 14.7. The molecular formula is C14H16ClNO4. The van der Waals surface area contributed by atoms with E-state index in [1.807, 2.05) is 6.92 Å². The lowest BCUT2D eigenvalue weighted by atomic mass is 9.80. The van der Waals surface area contributed by atoms with Crippen molar-refractivity contribution in [2.75, 3.05) is 6.61 Å². The van der Waals surface area contributed by atoms with E-state index in [1.165, 1.54) is 0 Å². The summed E-state index contributed by atoms with van der Waals surface area (Å²) < 4.78 is 5.41. The number of carbonyl (C=O) groups is 2. The number of rotatable bonds is 5. The Morgan fingerprint density at radius 2 is 2.15 bits per heavy atom. The fourth-order valence-electron chi connectivity index (χ4n) is 2.09. The minimum absolute atomic E-state index is 0.0624. The van der Waals surface area contributed by atoms with Crippen LogP contribution in [0.3, 0.4) is 0 Å². The number of carboxylic acid groups (broad SMARTS) is 1. The number of carbonyl (C=O) groups excluding carboxylic acids is 1. The molecule has 0 aliphatic heterocycles. The third-order valence-electron chi connectivity index (χ3n) is 3.43. The molecule has 1 aromatic rings. The first-order chi connectivity index (χ1) is 9.47. The Hall–Kier alpha value is -1.75. The second-order valence-electron chi connectivity index (χ2n) is 4.92. The smallest absolute Gasteiger partial charge is 0.306 e. The monoisotopic (exact) mass is 297 g/mol. The van der Waals surface area contributed by atoms with Gasteiger partial charge in [-0.2, -0.15) is 0 Å². The molecule has 0 unspecified atom stereocenters. The van der Waals surface area contributed by atoms with Crippen LogP contribution in [-0.2, 0) is 9.59 Å². The van der Waals surface area contributed by atoms with Crippen LogP contribution in [0, 0.1) is 12.8 Å². The summed E-state index contributed by atoms with van der Waals surface area (Å²) in [5, 5.41) is 12.1. The number of benzene rings is 1. The van der Waals surface area contributed by atoms with Gasteiger partial charge in [0, 0.05) is 16.6 Å². The van der Waals surface area contributed by atoms with E-state index >= 15 is 0 Å². The molecule has 1 amide bonds. The van der Waals surface area contributed by atoms with E-state index in [0.717, 1.165) is 5.56 Å². The van der Waals surface area contributed by atoms with Crippen LogP contribution in [0.5, 0.6) is 5.75 Å². The zero-order valence-electron chi connectivity index (χ0n) is 11.1. The van der Waals surface area contributed by atoms with E-state index in [9.17, 15) is 9.59 Å². The normalized spacial score (nSPS) is 20.9. The van der Waals surface area contributed by atoms with Gasteiger partial charge in [-0.1, -0.05) is 17.7 Å². The highest BCUT2D eigenvalue weighted by Crippen LogP contribution is 2.27. The fraction of sp³-hybridized carbons (Fsp3) is 0.429. The molecular weight excluding hydrogens is 282 g/mol. The highest BCUT2D eigenvalue weighted by atomic mass is 35.5. The van der Waals surface area contributed by atoms with Crippen molar-refractivity contribution in [1.29, 1.82) is 0 Å². The summed E-state index contributed by atoms with van der Waals surface area (Å²) in [6, 6.07) is 5.20. The maximum absolute atomic E-state index is 11.7. The summed E-state index contributed by atoms with van der Waals surface area (Å²) in [5.74, 6) is -0.819. The number of hydrogen-bond acceptors (Lipinski definition) is 3. The number of halogens is 1. The van der Waals surface area contributed by atoms with Crippen LogP contribution in [0.1, 0.15) is 18.4 Å². The predicted octanol–water partition coefficient (Wildman–Crippen LogP) is 2.01. The number of ether oxygens (including phenoxy) is 1. The summed E-state index contributed by atoms with van der Waals surface area (Å²) in [4.78, 5) is 22.3. The predicted molar refractivity (Wildman–Crippen MR) is 74.0 cm³/mol. The zero-order valence-corrected chi connectivity index (χ0v) is 11.8. The van der Waals surface area contributed by atoms with Crippen LogP contribution in [0.15, 0.2) is 18.2 Å². The summed E-state index contributed by atoms with van der Waals surface area (Å²) in [6.45, 7) is 1.72. The molecule has 5 nitrogen and oxygen atoms in total. The van der Waals surface area contributed by atoms with Crippen LogP contribution in [0.4, 0.5) is 0 Å². The quantitative estimate of drug-likeness (QED) is 0.871. The molecule has 1 saturated carbocycles. The molecule has 0 aromatic heterocycles. The molecule has 20 heavy (non-hydrogen) atoms. The Kier molecular flexibility index (Phi) is 4.49. The van der Waals surface area contributed by atoms with Crippen molar-refractivity contribution in [2.24, 2.45) is 5.92 Å². The standard InChI is InChI=1S/C14H16ClNO4/c1-8-11(15)3-2-4-12(8)20-7-13(17)16-10-5-9(6-10)14(18)19/h2-4,9-10H,5-7H2,1H3,(H,16,17)(H,18,19). The molecule has 1 aliphatic rings. The van der Waals surface area contributed by atoms with Gasteiger partial charge in [-0.3, -0.25) is 9.59 Å². The largest absolute Gasteiger partial charge is 0.483 e. The van der Waals surface area contributed by atoms with Crippen LogP contribution < -0.4 is 10.1 Å². The van der Waals surface area contributed by atoms with Crippen molar-refractivity contribution in [3.63, 3.8) is 0 Å². The van der Waals surface area contributed by atoms with E-state index in [-0.39, 0.29) is 24.5 Å². The van der Waals surface area contributed by atoms with E-state index in [2.05, 4.69) is 5.32 Å². The Balaban J connectivity index is 1.76. The molecule has 0 radical (unpaired) electrons. The maximum atomic E-state index is 11.7. The van der Waals surface area contributed by atoms with Gasteiger partial charge in [0.25, 0.3) is 5.91 Å². The van der Waals surface area contributed by atoms with Gasteiger partial charge in [0.05, 0.1) is 5.92 Å². The molecule has 2 N–H and O–H groups in total. The lowest BCUT2D eigenvalue weighted by Crippen LogP contribution is -2.48. The van der Waals surface area contributed by atoms with E-state index in [4.69, 9.17) is 21.4 Å². The van der Waals surface area contributed by atoms with Gasteiger partial charge in [0.1, 0.15) is 5.75 Å². The number of aliphatic carboxylic acids is 1. The third kappa shape index (κ3) is 3.42. The second-order valence-corrected chi connectivity index (χ2v) is 5.33. The van der Waals surface area contributed by atoms with Gasteiger partial charge >= 0.3 is 5.97 Å². The number of nitrogens with one attached hydrogen (secondary N) is 1. The van der Waals surface area contributed by atoms with Gasteiger partial charge in [-0.25, -0.2) is 0 Å². The molecule has 1 aromatic carbocycles. The Bertz CT molecular complexity index is 526. The molecule has 1 fully saturated rings. The summed E-state index contributed by atoms with van der Waals surface area (Å²) in [7, 11) is 0. The SMILES string of the molecule is Cc1c(Cl)cccc1OCC(=O)NC1CC(C(=O)O)C1. The summed E-state index contributed by atoms with van der Waals surface area (Å²) in [5.41, 5.74) is 0.788. The number of carboxylic acids is 1. The highest BCUT2D eigenvalue weighted by Gasteiger charge is 2.35. The topological polar surface area (TPSA) is 75.6 Å². The lowest BCUT2D eigenvalue weighted by Gasteiger charge is -2.32. The van der Waals surface area contributed by atoms with Crippen LogP contribution in [0.25, 0.3) is 0 Å². The molecule has 0 atom stereocenters. The molecule has 0 heterocycles. The van der Waals surface area contributed by atoms with Crippen molar-refractivity contribution in [3.8, 4) is 5.75 Å². The number of hydrogen-bond donors (Lipinski definition) is 2. The van der Waals surface area contributed by atoms with Gasteiger partial charge in [-0.05, 0) is 31.9 Å². The first-order valence-corrected chi connectivity index (χ1v) is 6.75. The first-order valence-electron chi connectivity index (χ1n) is 6.37. The van der Waals surface area contributed by atoms with E-state index in [1.54, 1.807) is 18.2 Å². The van der Waals surface area contributed by atoms with Crippen LogP contribution in [0.2, 0.25) is 5.02 Å². The average Bonchev–Trinajstić information content (AvgIpc) is 2.34. The van der Waals surface area contributed by atoms with Gasteiger partial charge in [-0.15, -0.1) is 0 Å². The average molecular weight is 298 g/mol. The Labute approximate surface area is 121 Å². The molecule has 108 valence electrons. The second kappa shape index (κ2) is 6.13. The first kappa shape index (κ1) is 14.7. The molecule has 0 spiro atoms.